The van der Waals surface area contributed by atoms with Gasteiger partial charge in [-0.25, -0.2) is 0 Å². The lowest BCUT2D eigenvalue weighted by Gasteiger charge is -2.27. The lowest BCUT2D eigenvalue weighted by molar-refractivity contribution is 0.410. The third-order valence-corrected chi connectivity index (χ3v) is 9.56. The molecule has 0 aliphatic carbocycles. The van der Waals surface area contributed by atoms with Crippen LogP contribution in [0, 0.1) is 0 Å². The van der Waals surface area contributed by atoms with Crippen LogP contribution in [0.1, 0.15) is 70.8 Å². The molecule has 0 aromatic heterocycles. The number of benzene rings is 4. The molecule has 4 aromatic carbocycles. The van der Waals surface area contributed by atoms with Crippen LogP contribution in [-0.2, 0) is 38.5 Å². The summed E-state index contributed by atoms with van der Waals surface area (Å²) in [5, 5.41) is 0. The Hall–Kier alpha value is -2.28. The molecule has 0 N–H and O–H groups in total. The lowest BCUT2D eigenvalue weighted by atomic mass is 9.78. The van der Waals surface area contributed by atoms with Crippen molar-refractivity contribution < 1.29 is 14.2 Å². The maximum absolute atomic E-state index is 5.84. The van der Waals surface area contributed by atoms with Gasteiger partial charge in [0.05, 0.1) is 21.3 Å². The molecule has 0 radical (unpaired) electrons. The highest BCUT2D eigenvalue weighted by atomic mass is 79.9. The van der Waals surface area contributed by atoms with Crippen LogP contribution < -0.4 is 14.2 Å². The highest BCUT2D eigenvalue weighted by molar-refractivity contribution is 9.11. The molecule has 0 spiro atoms. The van der Waals surface area contributed by atoms with Crippen LogP contribution in [0.15, 0.2) is 68.0 Å². The van der Waals surface area contributed by atoms with Gasteiger partial charge in [0.1, 0.15) is 17.2 Å². The molecule has 0 saturated carbocycles. The molecule has 0 atom stereocenters. The molecule has 222 valence electrons. The van der Waals surface area contributed by atoms with Crippen molar-refractivity contribution in [1.82, 2.24) is 0 Å². The minimum atomic E-state index is 0.796. The Morgan fingerprint density at radius 1 is 0.429 bits per heavy atom. The molecule has 42 heavy (non-hydrogen) atoms. The zero-order valence-electron chi connectivity index (χ0n) is 25.3. The highest BCUT2D eigenvalue weighted by Crippen LogP contribution is 2.39. The zero-order chi connectivity index (χ0) is 30.4. The Morgan fingerprint density at radius 2 is 0.690 bits per heavy atom. The zero-order valence-corrected chi connectivity index (χ0v) is 30.1. The van der Waals surface area contributed by atoms with Gasteiger partial charge in [-0.2, -0.15) is 0 Å². The van der Waals surface area contributed by atoms with Gasteiger partial charge in [0, 0.05) is 32.7 Å². The topological polar surface area (TPSA) is 27.7 Å². The van der Waals surface area contributed by atoms with E-state index < -0.39 is 0 Å². The van der Waals surface area contributed by atoms with Crippen LogP contribution in [-0.4, -0.2) is 21.3 Å². The number of methoxy groups -OCH3 is 3. The van der Waals surface area contributed by atoms with Crippen LogP contribution >= 0.6 is 47.8 Å². The van der Waals surface area contributed by atoms with Crippen molar-refractivity contribution in [2.45, 2.75) is 59.3 Å². The summed E-state index contributed by atoms with van der Waals surface area (Å²) in [6.07, 6.45) is 5.21. The lowest BCUT2D eigenvalue weighted by Crippen LogP contribution is -2.15. The minimum Gasteiger partial charge on any atom is -0.496 e. The largest absolute Gasteiger partial charge is 0.496 e. The third-order valence-electron chi connectivity index (χ3n) is 8.08. The molecular weight excluding hydrogens is 720 g/mol. The molecule has 4 rings (SSSR count). The monoisotopic (exact) mass is 756 g/mol. The van der Waals surface area contributed by atoms with Gasteiger partial charge < -0.3 is 14.2 Å². The van der Waals surface area contributed by atoms with Gasteiger partial charge in [-0.3, -0.25) is 0 Å². The Labute approximate surface area is 276 Å². The maximum Gasteiger partial charge on any atom is 0.122 e. The molecule has 0 bridgehead atoms. The average Bonchev–Trinajstić information content (AvgIpc) is 2.98. The van der Waals surface area contributed by atoms with Crippen LogP contribution in [0.2, 0.25) is 0 Å². The Morgan fingerprint density at radius 3 is 0.905 bits per heavy atom. The van der Waals surface area contributed by atoms with Gasteiger partial charge in [-0.15, -0.1) is 0 Å². The summed E-state index contributed by atoms with van der Waals surface area (Å²) in [6, 6.07) is 18.9. The van der Waals surface area contributed by atoms with Crippen molar-refractivity contribution in [2.24, 2.45) is 0 Å². The van der Waals surface area contributed by atoms with Gasteiger partial charge in [0.2, 0.25) is 0 Å². The van der Waals surface area contributed by atoms with Crippen molar-refractivity contribution in [1.29, 1.82) is 0 Å². The molecule has 0 aliphatic rings. The summed E-state index contributed by atoms with van der Waals surface area (Å²) < 4.78 is 20.7. The van der Waals surface area contributed by atoms with Crippen molar-refractivity contribution in [3.05, 3.63) is 118 Å². The first-order valence-electron chi connectivity index (χ1n) is 14.4. The van der Waals surface area contributed by atoms with Crippen LogP contribution in [0.5, 0.6) is 17.2 Å². The summed E-state index contributed by atoms with van der Waals surface area (Å²) in [4.78, 5) is 0. The third kappa shape index (κ3) is 7.09. The molecular formula is C36H39Br3O3. The molecule has 0 aliphatic heterocycles. The maximum atomic E-state index is 5.84. The van der Waals surface area contributed by atoms with Gasteiger partial charge in [-0.05, 0) is 124 Å². The average molecular weight is 759 g/mol. The highest BCUT2D eigenvalue weighted by Gasteiger charge is 2.24. The SMILES string of the molecule is CCc1c(Cc2cc(Br)ccc2OC)c(CC)c(Cc2cc(Br)ccc2OC)c(CC)c1Cc1cc(Br)ccc1OC. The molecule has 0 heterocycles. The van der Waals surface area contributed by atoms with E-state index in [1.54, 1.807) is 21.3 Å². The molecule has 0 fully saturated rings. The van der Waals surface area contributed by atoms with Crippen molar-refractivity contribution in [3.63, 3.8) is 0 Å². The normalized spacial score (nSPS) is 11.1. The van der Waals surface area contributed by atoms with E-state index in [0.29, 0.717) is 0 Å². The Bertz CT molecular complexity index is 1360. The van der Waals surface area contributed by atoms with Crippen molar-refractivity contribution in [3.8, 4) is 17.2 Å². The second-order valence-electron chi connectivity index (χ2n) is 10.3. The van der Waals surface area contributed by atoms with Gasteiger partial charge in [0.15, 0.2) is 0 Å². The fourth-order valence-electron chi connectivity index (χ4n) is 6.24. The minimum absolute atomic E-state index is 0.796. The summed E-state index contributed by atoms with van der Waals surface area (Å²) in [5.74, 6) is 2.73. The fraction of sp³-hybridized carbons (Fsp3) is 0.333. The summed E-state index contributed by atoms with van der Waals surface area (Å²) in [7, 11) is 5.26. The van der Waals surface area contributed by atoms with Crippen molar-refractivity contribution in [2.75, 3.05) is 21.3 Å². The smallest absolute Gasteiger partial charge is 0.122 e. The van der Waals surface area contributed by atoms with E-state index in [4.69, 9.17) is 14.2 Å². The predicted octanol–water partition coefficient (Wildman–Crippen LogP) is 10.5. The predicted molar refractivity (Wildman–Crippen MR) is 185 cm³/mol. The number of halogens is 3. The number of hydrogen-bond acceptors (Lipinski definition) is 3. The Kier molecular flexibility index (Phi) is 11.6. The number of hydrogen-bond donors (Lipinski definition) is 0. The molecule has 4 aromatic rings. The molecule has 0 amide bonds. The first kappa shape index (κ1) is 32.6. The van der Waals surface area contributed by atoms with Gasteiger partial charge in [-0.1, -0.05) is 68.6 Å². The van der Waals surface area contributed by atoms with Crippen molar-refractivity contribution >= 4 is 47.8 Å². The summed E-state index contributed by atoms with van der Waals surface area (Å²) in [5.41, 5.74) is 12.0. The van der Waals surface area contributed by atoms with E-state index in [1.807, 2.05) is 18.2 Å². The fourth-order valence-corrected chi connectivity index (χ4v) is 7.47. The van der Waals surface area contributed by atoms with Gasteiger partial charge in [0.25, 0.3) is 0 Å². The molecule has 6 heteroatoms. The van der Waals surface area contributed by atoms with Crippen LogP contribution in [0.4, 0.5) is 0 Å². The second-order valence-corrected chi connectivity index (χ2v) is 13.1. The first-order valence-corrected chi connectivity index (χ1v) is 16.8. The summed E-state index contributed by atoms with van der Waals surface area (Å²) >= 11 is 11.1. The van der Waals surface area contributed by atoms with Crippen LogP contribution in [0.3, 0.4) is 0 Å². The second kappa shape index (κ2) is 14.9. The molecule has 3 nitrogen and oxygen atoms in total. The quantitative estimate of drug-likeness (QED) is 0.144. The van der Waals surface area contributed by atoms with E-state index in [-0.39, 0.29) is 0 Å². The first-order chi connectivity index (χ1) is 20.3. The number of ether oxygens (including phenoxy) is 3. The van der Waals surface area contributed by atoms with E-state index in [2.05, 4.69) is 105 Å². The Balaban J connectivity index is 2.05. The van der Waals surface area contributed by atoms with E-state index in [0.717, 1.165) is 69.2 Å². The molecule has 0 unspecified atom stereocenters. The van der Waals surface area contributed by atoms with E-state index >= 15 is 0 Å². The molecule has 0 saturated heterocycles. The number of rotatable bonds is 12. The standard InChI is InChI=1S/C36H39Br3O3/c1-7-28-31(19-22-16-25(37)10-13-34(22)40-4)29(8-2)33(21-24-18-27(39)12-15-36(24)42-6)30(9-3)32(28)20-23-17-26(38)11-14-35(23)41-5/h10-18H,7-9,19-21H2,1-6H3. The summed E-state index contributed by atoms with van der Waals surface area (Å²) in [6.45, 7) is 6.86. The van der Waals surface area contributed by atoms with E-state index in [9.17, 15) is 0 Å². The van der Waals surface area contributed by atoms with E-state index in [1.165, 1.54) is 50.1 Å². The van der Waals surface area contributed by atoms with Gasteiger partial charge >= 0.3 is 0 Å². The van der Waals surface area contributed by atoms with Crippen LogP contribution in [0.25, 0.3) is 0 Å².